The number of nitrogens with one attached hydrogen (secondary N) is 2. The molecule has 0 bridgehead atoms. The van der Waals surface area contributed by atoms with Crippen molar-refractivity contribution in [3.05, 3.63) is 23.5 Å². The van der Waals surface area contributed by atoms with Gasteiger partial charge in [-0.25, -0.2) is 0 Å². The van der Waals surface area contributed by atoms with Crippen LogP contribution in [0.2, 0.25) is 0 Å². The van der Waals surface area contributed by atoms with Crippen LogP contribution in [0, 0.1) is 6.92 Å². The van der Waals surface area contributed by atoms with E-state index in [-0.39, 0.29) is 11.9 Å². The molecule has 2 heterocycles. The van der Waals surface area contributed by atoms with Crippen molar-refractivity contribution in [1.29, 1.82) is 0 Å². The van der Waals surface area contributed by atoms with Crippen LogP contribution in [0.15, 0.2) is 12.1 Å². The van der Waals surface area contributed by atoms with Crippen molar-refractivity contribution < 1.29 is 4.79 Å². The Morgan fingerprint density at radius 3 is 3.06 bits per heavy atom. The topological polar surface area (TPSA) is 46.1 Å². The van der Waals surface area contributed by atoms with Crippen molar-refractivity contribution in [2.75, 3.05) is 18.1 Å². The van der Waals surface area contributed by atoms with Gasteiger partial charge < -0.3 is 15.2 Å². The molecule has 1 aromatic rings. The molecule has 1 atom stereocenters. The van der Waals surface area contributed by atoms with E-state index in [1.807, 2.05) is 18.8 Å². The second-order valence-corrected chi connectivity index (χ2v) is 5.47. The van der Waals surface area contributed by atoms with E-state index in [0.717, 1.165) is 23.7 Å². The largest absolute Gasteiger partial charge is 0.350 e. The highest BCUT2D eigenvalue weighted by molar-refractivity contribution is 7.99. The summed E-state index contributed by atoms with van der Waals surface area (Å²) < 4.78 is 2.10. The van der Waals surface area contributed by atoms with Gasteiger partial charge in [-0.15, -0.1) is 0 Å². The third kappa shape index (κ3) is 3.04. The Morgan fingerprint density at radius 1 is 1.65 bits per heavy atom. The molecule has 0 spiro atoms. The fourth-order valence-corrected chi connectivity index (χ4v) is 2.81. The first-order chi connectivity index (χ1) is 8.18. The van der Waals surface area contributed by atoms with E-state index in [4.69, 9.17) is 0 Å². The number of rotatable bonds is 3. The average Bonchev–Trinajstić information content (AvgIpc) is 2.68. The molecule has 5 heteroatoms. The Bertz CT molecular complexity index is 396. The zero-order valence-corrected chi connectivity index (χ0v) is 11.1. The van der Waals surface area contributed by atoms with Gasteiger partial charge in [0, 0.05) is 36.5 Å². The van der Waals surface area contributed by atoms with Crippen molar-refractivity contribution in [2.45, 2.75) is 19.5 Å². The third-order valence-corrected chi connectivity index (χ3v) is 4.22. The number of nitrogens with zero attached hydrogens (tertiary/aromatic N) is 1. The standard InChI is InChI=1S/C12H19N3OS/c1-9-3-4-10(15(9)2)7-14-12(16)11-8-17-6-5-13-11/h3-4,11,13H,5-8H2,1-2H3,(H,14,16). The molecule has 1 aromatic heterocycles. The van der Waals surface area contributed by atoms with Gasteiger partial charge in [0.15, 0.2) is 0 Å². The number of hydrogen-bond donors (Lipinski definition) is 2. The summed E-state index contributed by atoms with van der Waals surface area (Å²) in [6.45, 7) is 3.59. The SMILES string of the molecule is Cc1ccc(CNC(=O)C2CSCCN2)n1C. The van der Waals surface area contributed by atoms with Crippen molar-refractivity contribution in [3.63, 3.8) is 0 Å². The van der Waals surface area contributed by atoms with E-state index in [0.29, 0.717) is 6.54 Å². The summed E-state index contributed by atoms with van der Waals surface area (Å²) in [7, 11) is 2.02. The van der Waals surface area contributed by atoms with Gasteiger partial charge >= 0.3 is 0 Å². The van der Waals surface area contributed by atoms with Gasteiger partial charge in [0.05, 0.1) is 12.6 Å². The molecular formula is C12H19N3OS. The van der Waals surface area contributed by atoms with Crippen molar-refractivity contribution in [2.24, 2.45) is 7.05 Å². The number of thioether (sulfide) groups is 1. The summed E-state index contributed by atoms with van der Waals surface area (Å²) >= 11 is 1.83. The fourth-order valence-electron chi connectivity index (χ4n) is 1.88. The quantitative estimate of drug-likeness (QED) is 0.831. The van der Waals surface area contributed by atoms with Gasteiger partial charge in [-0.05, 0) is 19.1 Å². The summed E-state index contributed by atoms with van der Waals surface area (Å²) in [5.74, 6) is 2.08. The van der Waals surface area contributed by atoms with Crippen LogP contribution in [0.3, 0.4) is 0 Å². The van der Waals surface area contributed by atoms with E-state index in [9.17, 15) is 4.79 Å². The number of aryl methyl sites for hydroxylation is 1. The van der Waals surface area contributed by atoms with Crippen LogP contribution < -0.4 is 10.6 Å². The Balaban J connectivity index is 1.85. The number of aromatic nitrogens is 1. The maximum absolute atomic E-state index is 11.9. The van der Waals surface area contributed by atoms with Crippen LogP contribution in [0.5, 0.6) is 0 Å². The molecule has 1 aliphatic heterocycles. The van der Waals surface area contributed by atoms with Gasteiger partial charge in [0.1, 0.15) is 0 Å². The second-order valence-electron chi connectivity index (χ2n) is 4.32. The molecule has 0 aliphatic carbocycles. The van der Waals surface area contributed by atoms with Crippen LogP contribution in [0.25, 0.3) is 0 Å². The molecule has 1 unspecified atom stereocenters. The van der Waals surface area contributed by atoms with Gasteiger partial charge in [0.2, 0.25) is 5.91 Å². The normalized spacial score (nSPS) is 20.2. The van der Waals surface area contributed by atoms with Crippen LogP contribution in [0.4, 0.5) is 0 Å². The average molecular weight is 253 g/mol. The Hall–Kier alpha value is -0.940. The second kappa shape index (κ2) is 5.60. The number of amides is 1. The van der Waals surface area contributed by atoms with E-state index >= 15 is 0 Å². The molecule has 1 saturated heterocycles. The fraction of sp³-hybridized carbons (Fsp3) is 0.583. The molecule has 1 fully saturated rings. The molecule has 94 valence electrons. The minimum atomic E-state index is -0.0323. The smallest absolute Gasteiger partial charge is 0.238 e. The Kier molecular flexibility index (Phi) is 4.12. The minimum Gasteiger partial charge on any atom is -0.350 e. The zero-order valence-electron chi connectivity index (χ0n) is 10.3. The van der Waals surface area contributed by atoms with E-state index in [1.54, 1.807) is 0 Å². The van der Waals surface area contributed by atoms with Crippen molar-refractivity contribution >= 4 is 17.7 Å². The maximum Gasteiger partial charge on any atom is 0.238 e. The predicted octanol–water partition coefficient (Wildman–Crippen LogP) is 0.655. The molecule has 0 radical (unpaired) electrons. The Labute approximate surface area is 106 Å². The van der Waals surface area contributed by atoms with Gasteiger partial charge in [-0.3, -0.25) is 4.79 Å². The molecular weight excluding hydrogens is 234 g/mol. The van der Waals surface area contributed by atoms with Crippen molar-refractivity contribution in [3.8, 4) is 0 Å². The highest BCUT2D eigenvalue weighted by Crippen LogP contribution is 2.08. The summed E-state index contributed by atoms with van der Waals surface area (Å²) in [6, 6.07) is 4.09. The number of carbonyl (C=O) groups is 1. The van der Waals surface area contributed by atoms with E-state index in [2.05, 4.69) is 34.3 Å². The van der Waals surface area contributed by atoms with E-state index < -0.39 is 0 Å². The lowest BCUT2D eigenvalue weighted by atomic mass is 10.3. The van der Waals surface area contributed by atoms with Crippen LogP contribution in [-0.4, -0.2) is 34.6 Å². The molecule has 1 aliphatic rings. The third-order valence-electron chi connectivity index (χ3n) is 3.16. The van der Waals surface area contributed by atoms with Gasteiger partial charge in [-0.1, -0.05) is 0 Å². The maximum atomic E-state index is 11.9. The number of hydrogen-bond acceptors (Lipinski definition) is 3. The van der Waals surface area contributed by atoms with Crippen LogP contribution in [-0.2, 0) is 18.4 Å². The molecule has 2 N–H and O–H groups in total. The number of carbonyl (C=O) groups excluding carboxylic acids is 1. The lowest BCUT2D eigenvalue weighted by Gasteiger charge is -2.22. The highest BCUT2D eigenvalue weighted by Gasteiger charge is 2.20. The van der Waals surface area contributed by atoms with Gasteiger partial charge in [0.25, 0.3) is 0 Å². The van der Waals surface area contributed by atoms with E-state index in [1.165, 1.54) is 5.69 Å². The summed E-state index contributed by atoms with van der Waals surface area (Å²) in [5, 5.41) is 6.22. The monoisotopic (exact) mass is 253 g/mol. The first kappa shape index (κ1) is 12.5. The van der Waals surface area contributed by atoms with Crippen LogP contribution in [0.1, 0.15) is 11.4 Å². The molecule has 2 rings (SSSR count). The van der Waals surface area contributed by atoms with Crippen molar-refractivity contribution in [1.82, 2.24) is 15.2 Å². The minimum absolute atomic E-state index is 0.0323. The predicted molar refractivity (Wildman–Crippen MR) is 71.1 cm³/mol. The molecule has 0 saturated carbocycles. The highest BCUT2D eigenvalue weighted by atomic mass is 32.2. The molecule has 17 heavy (non-hydrogen) atoms. The lowest BCUT2D eigenvalue weighted by molar-refractivity contribution is -0.122. The van der Waals surface area contributed by atoms with Gasteiger partial charge in [-0.2, -0.15) is 11.8 Å². The first-order valence-electron chi connectivity index (χ1n) is 5.88. The molecule has 4 nitrogen and oxygen atoms in total. The lowest BCUT2D eigenvalue weighted by Crippen LogP contribution is -2.48. The summed E-state index contributed by atoms with van der Waals surface area (Å²) in [6.07, 6.45) is 0. The first-order valence-corrected chi connectivity index (χ1v) is 7.04. The zero-order chi connectivity index (χ0) is 12.3. The summed E-state index contributed by atoms with van der Waals surface area (Å²) in [4.78, 5) is 11.9. The Morgan fingerprint density at radius 2 is 2.47 bits per heavy atom. The summed E-state index contributed by atoms with van der Waals surface area (Å²) in [5.41, 5.74) is 2.35. The molecule has 0 aromatic carbocycles. The molecule has 1 amide bonds. The van der Waals surface area contributed by atoms with Crippen LogP contribution >= 0.6 is 11.8 Å².